The van der Waals surface area contributed by atoms with Gasteiger partial charge >= 0.3 is 12.1 Å². The van der Waals surface area contributed by atoms with Crippen molar-refractivity contribution in [1.82, 2.24) is 15.5 Å². The number of carboxylic acid groups (broad SMARTS) is 1. The fraction of sp³-hybridized carbons (Fsp3) is 0.423. The molecule has 1 aliphatic carbocycles. The van der Waals surface area contributed by atoms with Crippen molar-refractivity contribution in [2.24, 2.45) is 0 Å². The van der Waals surface area contributed by atoms with Crippen LogP contribution in [0.5, 0.6) is 0 Å². The largest absolute Gasteiger partial charge is 0.479 e. The lowest BCUT2D eigenvalue weighted by molar-refractivity contribution is -0.148. The molecule has 186 valence electrons. The van der Waals surface area contributed by atoms with Crippen molar-refractivity contribution in [1.29, 1.82) is 0 Å². The number of carbonyl (C=O) groups excluding carboxylic acids is 2. The van der Waals surface area contributed by atoms with Gasteiger partial charge in [0.2, 0.25) is 5.91 Å². The smallest absolute Gasteiger partial charge is 0.407 e. The summed E-state index contributed by atoms with van der Waals surface area (Å²) in [5, 5.41) is 14.5. The average Bonchev–Trinajstić information content (AvgIpc) is 3.18. The van der Waals surface area contributed by atoms with E-state index in [-0.39, 0.29) is 37.6 Å². The van der Waals surface area contributed by atoms with E-state index in [1.807, 2.05) is 29.2 Å². The van der Waals surface area contributed by atoms with E-state index in [0.29, 0.717) is 25.9 Å². The Morgan fingerprint density at radius 2 is 1.63 bits per heavy atom. The summed E-state index contributed by atoms with van der Waals surface area (Å²) in [6.07, 6.45) is -0.0888. The van der Waals surface area contributed by atoms with Gasteiger partial charge < -0.3 is 25.2 Å². The van der Waals surface area contributed by atoms with Crippen molar-refractivity contribution in [3.8, 4) is 11.1 Å². The number of piperidine rings is 1. The van der Waals surface area contributed by atoms with Gasteiger partial charge in [-0.15, -0.1) is 0 Å². The zero-order valence-corrected chi connectivity index (χ0v) is 19.7. The summed E-state index contributed by atoms with van der Waals surface area (Å²) < 4.78 is 10.4. The zero-order chi connectivity index (χ0) is 24.8. The number of likely N-dealkylation sites (tertiary alicyclic amines) is 1. The van der Waals surface area contributed by atoms with Gasteiger partial charge in [0.05, 0.1) is 13.1 Å². The molecule has 35 heavy (non-hydrogen) atoms. The van der Waals surface area contributed by atoms with Crippen LogP contribution in [0.3, 0.4) is 0 Å². The average molecular weight is 482 g/mol. The van der Waals surface area contributed by atoms with Crippen molar-refractivity contribution in [2.45, 2.75) is 30.9 Å². The van der Waals surface area contributed by atoms with Gasteiger partial charge in [0.1, 0.15) is 6.61 Å². The molecule has 9 heteroatoms. The molecule has 4 rings (SSSR count). The highest BCUT2D eigenvalue weighted by atomic mass is 16.5. The third-order valence-corrected chi connectivity index (χ3v) is 6.67. The molecule has 1 heterocycles. The lowest BCUT2D eigenvalue weighted by Crippen LogP contribution is -2.48. The molecule has 1 fully saturated rings. The summed E-state index contributed by atoms with van der Waals surface area (Å²) in [6, 6.07) is 16.4. The molecule has 0 radical (unpaired) electrons. The van der Waals surface area contributed by atoms with Gasteiger partial charge in [0.25, 0.3) is 0 Å². The minimum Gasteiger partial charge on any atom is -0.479 e. The van der Waals surface area contributed by atoms with Gasteiger partial charge in [-0.3, -0.25) is 9.69 Å². The molecule has 2 aromatic rings. The number of hydrogen-bond donors (Lipinski definition) is 3. The topological polar surface area (TPSA) is 117 Å². The fourth-order valence-corrected chi connectivity index (χ4v) is 4.78. The first-order chi connectivity index (χ1) is 17.0. The summed E-state index contributed by atoms with van der Waals surface area (Å²) in [7, 11) is 1.29. The van der Waals surface area contributed by atoms with Crippen molar-refractivity contribution in [3.05, 3.63) is 59.7 Å². The maximum Gasteiger partial charge on any atom is 0.407 e. The minimum atomic E-state index is -1.12. The number of fused-ring (bicyclic) bond motifs is 3. The lowest BCUT2D eigenvalue weighted by Gasteiger charge is -2.31. The Morgan fingerprint density at radius 1 is 1.03 bits per heavy atom. The van der Waals surface area contributed by atoms with Crippen LogP contribution in [0.1, 0.15) is 29.9 Å². The number of amides is 2. The standard InChI is InChI=1S/C26H31N3O6/c1-34-23(25(31)32)14-27-24(30)15-29-12-10-17(11-13-29)28-26(33)35-16-22-20-8-4-2-6-18(20)19-7-3-5-9-21(19)22/h2-9,17,22-23H,10-16H2,1H3,(H,27,30)(H,28,33)(H,31,32). The molecule has 2 amide bonds. The van der Waals surface area contributed by atoms with Crippen LogP contribution in [-0.4, -0.2) is 80.0 Å². The first-order valence-corrected chi connectivity index (χ1v) is 11.8. The normalized spacial score (nSPS) is 16.7. The molecule has 1 atom stereocenters. The molecular weight excluding hydrogens is 450 g/mol. The van der Waals surface area contributed by atoms with Gasteiger partial charge in [0, 0.05) is 32.2 Å². The summed E-state index contributed by atoms with van der Waals surface area (Å²) in [5.74, 6) is -1.35. The highest BCUT2D eigenvalue weighted by molar-refractivity contribution is 5.80. The molecule has 3 N–H and O–H groups in total. The second-order valence-electron chi connectivity index (χ2n) is 8.89. The molecule has 0 aromatic heterocycles. The quantitative estimate of drug-likeness (QED) is 0.503. The number of aliphatic carboxylic acids is 1. The van der Waals surface area contributed by atoms with Crippen molar-refractivity contribution in [2.75, 3.05) is 39.9 Å². The number of nitrogens with zero attached hydrogens (tertiary/aromatic N) is 1. The Morgan fingerprint density at radius 3 is 2.20 bits per heavy atom. The molecular formula is C26H31N3O6. The van der Waals surface area contributed by atoms with Gasteiger partial charge in [-0.05, 0) is 35.1 Å². The van der Waals surface area contributed by atoms with Crippen LogP contribution in [0.2, 0.25) is 0 Å². The van der Waals surface area contributed by atoms with Crippen LogP contribution >= 0.6 is 0 Å². The van der Waals surface area contributed by atoms with Crippen LogP contribution in [0.4, 0.5) is 4.79 Å². The van der Waals surface area contributed by atoms with Crippen LogP contribution in [0.25, 0.3) is 11.1 Å². The molecule has 1 saturated heterocycles. The maximum atomic E-state index is 12.5. The molecule has 1 unspecified atom stereocenters. The number of benzene rings is 2. The van der Waals surface area contributed by atoms with E-state index in [1.54, 1.807) is 0 Å². The van der Waals surface area contributed by atoms with E-state index in [9.17, 15) is 14.4 Å². The molecule has 2 aliphatic rings. The summed E-state index contributed by atoms with van der Waals surface area (Å²) in [4.78, 5) is 37.6. The highest BCUT2D eigenvalue weighted by Gasteiger charge is 2.29. The number of nitrogens with one attached hydrogen (secondary N) is 2. The second-order valence-corrected chi connectivity index (χ2v) is 8.89. The number of ether oxygens (including phenoxy) is 2. The predicted octanol–water partition coefficient (Wildman–Crippen LogP) is 2.21. The summed E-state index contributed by atoms with van der Waals surface area (Å²) in [5.41, 5.74) is 4.73. The van der Waals surface area contributed by atoms with Crippen molar-refractivity contribution < 1.29 is 29.0 Å². The Hall–Kier alpha value is -3.43. The SMILES string of the molecule is COC(CNC(=O)CN1CCC(NC(=O)OCC2c3ccccc3-c3ccccc32)CC1)C(=O)O. The highest BCUT2D eigenvalue weighted by Crippen LogP contribution is 2.44. The lowest BCUT2D eigenvalue weighted by atomic mass is 9.98. The van der Waals surface area contributed by atoms with Gasteiger partial charge in [0.15, 0.2) is 6.10 Å². The summed E-state index contributed by atoms with van der Waals surface area (Å²) >= 11 is 0. The zero-order valence-electron chi connectivity index (χ0n) is 19.7. The third-order valence-electron chi connectivity index (χ3n) is 6.67. The van der Waals surface area contributed by atoms with Crippen molar-refractivity contribution in [3.63, 3.8) is 0 Å². The van der Waals surface area contributed by atoms with Crippen LogP contribution in [-0.2, 0) is 19.1 Å². The summed E-state index contributed by atoms with van der Waals surface area (Å²) in [6.45, 7) is 1.67. The number of alkyl carbamates (subject to hydrolysis) is 1. The van der Waals surface area contributed by atoms with E-state index in [1.165, 1.54) is 29.4 Å². The Balaban J connectivity index is 1.20. The molecule has 0 bridgehead atoms. The van der Waals surface area contributed by atoms with E-state index < -0.39 is 18.2 Å². The van der Waals surface area contributed by atoms with Gasteiger partial charge in [-0.2, -0.15) is 0 Å². The van der Waals surface area contributed by atoms with Crippen LogP contribution < -0.4 is 10.6 Å². The third kappa shape index (κ3) is 5.98. The van der Waals surface area contributed by atoms with E-state index in [2.05, 4.69) is 34.9 Å². The molecule has 0 spiro atoms. The number of methoxy groups -OCH3 is 1. The molecule has 0 saturated carbocycles. The molecule has 9 nitrogen and oxygen atoms in total. The Bertz CT molecular complexity index is 1020. The fourth-order valence-electron chi connectivity index (χ4n) is 4.78. The first kappa shape index (κ1) is 24.7. The van der Waals surface area contributed by atoms with Crippen molar-refractivity contribution >= 4 is 18.0 Å². The van der Waals surface area contributed by atoms with Crippen LogP contribution in [0.15, 0.2) is 48.5 Å². The van der Waals surface area contributed by atoms with Gasteiger partial charge in [-0.25, -0.2) is 9.59 Å². The number of carboxylic acids is 1. The van der Waals surface area contributed by atoms with E-state index in [0.717, 1.165) is 0 Å². The number of carbonyl (C=O) groups is 3. The van der Waals surface area contributed by atoms with Gasteiger partial charge in [-0.1, -0.05) is 48.5 Å². The van der Waals surface area contributed by atoms with E-state index >= 15 is 0 Å². The predicted molar refractivity (Wildman–Crippen MR) is 129 cm³/mol. The second kappa shape index (κ2) is 11.3. The minimum absolute atomic E-state index is 0.0187. The molecule has 2 aromatic carbocycles. The van der Waals surface area contributed by atoms with Crippen LogP contribution in [0, 0.1) is 0 Å². The monoisotopic (exact) mass is 481 g/mol. The number of rotatable bonds is 9. The Kier molecular flexibility index (Phi) is 7.99. The van der Waals surface area contributed by atoms with E-state index in [4.69, 9.17) is 14.6 Å². The Labute approximate surface area is 204 Å². The first-order valence-electron chi connectivity index (χ1n) is 11.8. The number of hydrogen-bond acceptors (Lipinski definition) is 6. The maximum absolute atomic E-state index is 12.5. The molecule has 1 aliphatic heterocycles.